The van der Waals surface area contributed by atoms with Crippen molar-refractivity contribution in [2.24, 2.45) is 0 Å². The maximum absolute atomic E-state index is 12.8. The topological polar surface area (TPSA) is 57.3 Å². The van der Waals surface area contributed by atoms with E-state index in [1.54, 1.807) is 6.20 Å². The molecule has 124 valence electrons. The number of aromatic nitrogens is 1. The van der Waals surface area contributed by atoms with E-state index in [2.05, 4.69) is 34.7 Å². The van der Waals surface area contributed by atoms with Gasteiger partial charge < -0.3 is 15.5 Å². The minimum atomic E-state index is -0.479. The summed E-state index contributed by atoms with van der Waals surface area (Å²) in [5, 5.41) is 7.00. The maximum atomic E-state index is 12.8. The number of carbonyl (C=O) groups is 1. The van der Waals surface area contributed by atoms with Crippen LogP contribution in [0.15, 0.2) is 36.7 Å². The number of nitrogens with zero attached hydrogens (tertiary/aromatic N) is 2. The first kappa shape index (κ1) is 15.0. The van der Waals surface area contributed by atoms with E-state index in [0.717, 1.165) is 41.2 Å². The standard InChI is InChI=1S/C19H22N4O/c1-4-8-23-16-10-15-14(9-13(16)19(2,3)18(23)24)21-17(22-15)12-6-5-7-20-11-12/h5-7,9-11,17,21-22H,4,8H2,1-3H3. The zero-order valence-electron chi connectivity index (χ0n) is 14.3. The zero-order chi connectivity index (χ0) is 16.9. The molecule has 1 aromatic carbocycles. The normalized spacial score (nSPS) is 20.4. The van der Waals surface area contributed by atoms with E-state index < -0.39 is 5.41 Å². The molecule has 2 aliphatic rings. The van der Waals surface area contributed by atoms with Crippen LogP contribution in [0.2, 0.25) is 0 Å². The van der Waals surface area contributed by atoms with Gasteiger partial charge in [0.1, 0.15) is 6.17 Å². The third-order valence-corrected chi connectivity index (χ3v) is 4.94. The summed E-state index contributed by atoms with van der Waals surface area (Å²) in [7, 11) is 0. The summed E-state index contributed by atoms with van der Waals surface area (Å²) in [5.74, 6) is 0.187. The molecule has 0 aliphatic carbocycles. The van der Waals surface area contributed by atoms with Crippen molar-refractivity contribution in [3.63, 3.8) is 0 Å². The summed E-state index contributed by atoms with van der Waals surface area (Å²) in [5.41, 5.74) is 4.83. The van der Waals surface area contributed by atoms with E-state index in [-0.39, 0.29) is 12.1 Å². The summed E-state index contributed by atoms with van der Waals surface area (Å²) in [6.45, 7) is 6.88. The quantitative estimate of drug-likeness (QED) is 0.905. The van der Waals surface area contributed by atoms with Crippen LogP contribution in [0.25, 0.3) is 0 Å². The van der Waals surface area contributed by atoms with E-state index >= 15 is 0 Å². The fraction of sp³-hybridized carbons (Fsp3) is 0.368. The lowest BCUT2D eigenvalue weighted by Crippen LogP contribution is -2.36. The summed E-state index contributed by atoms with van der Waals surface area (Å²) in [4.78, 5) is 18.9. The monoisotopic (exact) mass is 322 g/mol. The Kier molecular flexibility index (Phi) is 3.27. The highest BCUT2D eigenvalue weighted by Crippen LogP contribution is 2.48. The summed E-state index contributed by atoms with van der Waals surface area (Å²) in [6.07, 6.45) is 4.59. The van der Waals surface area contributed by atoms with Crippen molar-refractivity contribution in [1.29, 1.82) is 0 Å². The van der Waals surface area contributed by atoms with Crippen LogP contribution in [0.5, 0.6) is 0 Å². The molecule has 0 bridgehead atoms. The van der Waals surface area contributed by atoms with Gasteiger partial charge in [-0.2, -0.15) is 0 Å². The number of rotatable bonds is 3. The van der Waals surface area contributed by atoms with Crippen LogP contribution in [0.4, 0.5) is 17.1 Å². The Bertz CT molecular complexity index is 801. The molecule has 1 aromatic heterocycles. The first-order valence-electron chi connectivity index (χ1n) is 8.46. The molecule has 2 aliphatic heterocycles. The molecule has 0 saturated heterocycles. The number of benzene rings is 1. The van der Waals surface area contributed by atoms with Gasteiger partial charge in [-0.15, -0.1) is 0 Å². The van der Waals surface area contributed by atoms with Gasteiger partial charge in [0.25, 0.3) is 0 Å². The Morgan fingerprint density at radius 1 is 1.25 bits per heavy atom. The molecule has 0 spiro atoms. The summed E-state index contributed by atoms with van der Waals surface area (Å²) < 4.78 is 0. The van der Waals surface area contributed by atoms with E-state index in [1.807, 2.05) is 37.1 Å². The van der Waals surface area contributed by atoms with Crippen LogP contribution >= 0.6 is 0 Å². The van der Waals surface area contributed by atoms with Crippen LogP contribution in [0.1, 0.15) is 44.5 Å². The number of hydrogen-bond donors (Lipinski definition) is 2. The fourth-order valence-electron chi connectivity index (χ4n) is 3.62. The molecule has 5 nitrogen and oxygen atoms in total. The first-order valence-corrected chi connectivity index (χ1v) is 8.46. The highest BCUT2D eigenvalue weighted by atomic mass is 16.2. The average molecular weight is 322 g/mol. The Morgan fingerprint density at radius 2 is 2.00 bits per heavy atom. The predicted molar refractivity (Wildman–Crippen MR) is 96.3 cm³/mol. The molecule has 0 radical (unpaired) electrons. The first-order chi connectivity index (χ1) is 11.5. The fourth-order valence-corrected chi connectivity index (χ4v) is 3.62. The number of hydrogen-bond acceptors (Lipinski definition) is 4. The number of fused-ring (bicyclic) bond motifs is 2. The van der Waals surface area contributed by atoms with Crippen LogP contribution in [0, 0.1) is 0 Å². The van der Waals surface area contributed by atoms with Crippen LogP contribution in [0.3, 0.4) is 0 Å². The second-order valence-corrected chi connectivity index (χ2v) is 7.00. The molecular formula is C19H22N4O. The molecule has 0 fully saturated rings. The van der Waals surface area contributed by atoms with Crippen molar-refractivity contribution in [1.82, 2.24) is 4.98 Å². The largest absolute Gasteiger partial charge is 0.360 e. The van der Waals surface area contributed by atoms with Crippen LogP contribution < -0.4 is 15.5 Å². The van der Waals surface area contributed by atoms with Gasteiger partial charge in [-0.1, -0.05) is 13.0 Å². The molecule has 5 heteroatoms. The molecule has 4 rings (SSSR count). The third-order valence-electron chi connectivity index (χ3n) is 4.94. The lowest BCUT2D eigenvalue weighted by molar-refractivity contribution is -0.122. The lowest BCUT2D eigenvalue weighted by atomic mass is 9.86. The molecule has 1 amide bonds. The SMILES string of the molecule is CCCN1C(=O)C(C)(C)c2cc3c(cc21)NC(c1cccnc1)N3. The smallest absolute Gasteiger partial charge is 0.237 e. The van der Waals surface area contributed by atoms with E-state index in [0.29, 0.717) is 0 Å². The Hall–Kier alpha value is -2.56. The van der Waals surface area contributed by atoms with Crippen LogP contribution in [-0.2, 0) is 10.2 Å². The van der Waals surface area contributed by atoms with E-state index in [9.17, 15) is 4.79 Å². The number of nitrogens with one attached hydrogen (secondary N) is 2. The molecule has 3 heterocycles. The summed E-state index contributed by atoms with van der Waals surface area (Å²) in [6, 6.07) is 8.22. The Labute approximate surface area is 142 Å². The van der Waals surface area contributed by atoms with Crippen molar-refractivity contribution in [2.75, 3.05) is 22.1 Å². The molecule has 1 atom stereocenters. The van der Waals surface area contributed by atoms with Gasteiger partial charge in [-0.05, 0) is 44.0 Å². The van der Waals surface area contributed by atoms with Crippen LogP contribution in [-0.4, -0.2) is 17.4 Å². The van der Waals surface area contributed by atoms with E-state index in [1.165, 1.54) is 0 Å². The lowest BCUT2D eigenvalue weighted by Gasteiger charge is -2.19. The maximum Gasteiger partial charge on any atom is 0.237 e. The van der Waals surface area contributed by atoms with E-state index in [4.69, 9.17) is 0 Å². The molecule has 2 aromatic rings. The minimum absolute atomic E-state index is 0.00895. The highest BCUT2D eigenvalue weighted by Gasteiger charge is 2.44. The number of anilines is 3. The Morgan fingerprint density at radius 3 is 2.67 bits per heavy atom. The second kappa shape index (κ2) is 5.23. The number of amides is 1. The molecule has 0 saturated carbocycles. The van der Waals surface area contributed by atoms with Gasteiger partial charge in [0.15, 0.2) is 0 Å². The van der Waals surface area contributed by atoms with Gasteiger partial charge in [-0.25, -0.2) is 0 Å². The zero-order valence-corrected chi connectivity index (χ0v) is 14.3. The number of pyridine rings is 1. The van der Waals surface area contributed by atoms with Crippen molar-refractivity contribution in [3.05, 3.63) is 47.8 Å². The van der Waals surface area contributed by atoms with Crippen molar-refractivity contribution >= 4 is 23.0 Å². The van der Waals surface area contributed by atoms with Crippen molar-refractivity contribution < 1.29 is 4.79 Å². The van der Waals surface area contributed by atoms with Gasteiger partial charge in [-0.3, -0.25) is 9.78 Å². The predicted octanol–water partition coefficient (Wildman–Crippen LogP) is 3.65. The van der Waals surface area contributed by atoms with Gasteiger partial charge in [0.2, 0.25) is 5.91 Å². The van der Waals surface area contributed by atoms with Crippen molar-refractivity contribution in [3.8, 4) is 0 Å². The van der Waals surface area contributed by atoms with Gasteiger partial charge in [0.05, 0.1) is 22.5 Å². The molecule has 2 N–H and O–H groups in total. The highest BCUT2D eigenvalue weighted by molar-refractivity contribution is 6.09. The van der Waals surface area contributed by atoms with Gasteiger partial charge in [0, 0.05) is 24.5 Å². The molecular weight excluding hydrogens is 300 g/mol. The number of carbonyl (C=O) groups excluding carboxylic acids is 1. The van der Waals surface area contributed by atoms with Gasteiger partial charge >= 0.3 is 0 Å². The minimum Gasteiger partial charge on any atom is -0.360 e. The molecule has 24 heavy (non-hydrogen) atoms. The summed E-state index contributed by atoms with van der Waals surface area (Å²) >= 11 is 0. The Balaban J connectivity index is 1.73. The second-order valence-electron chi connectivity index (χ2n) is 7.00. The van der Waals surface area contributed by atoms with Crippen molar-refractivity contribution in [2.45, 2.75) is 38.8 Å². The molecule has 1 unspecified atom stereocenters. The average Bonchev–Trinajstić information content (AvgIpc) is 3.08. The third kappa shape index (κ3) is 2.08.